The van der Waals surface area contributed by atoms with Gasteiger partial charge in [0.15, 0.2) is 6.10 Å². The number of para-hydroxylation sites is 1. The number of aryl methyl sites for hydroxylation is 1. The molecule has 1 N–H and O–H groups in total. The number of fused-ring (bicyclic) bond motifs is 1. The molecule has 0 spiro atoms. The third-order valence-electron chi connectivity index (χ3n) is 4.23. The molecule has 146 valence electrons. The molecule has 1 heterocycles. The number of anilines is 1. The molecule has 1 amide bonds. The molecule has 0 aliphatic heterocycles. The maximum absolute atomic E-state index is 12.8. The summed E-state index contributed by atoms with van der Waals surface area (Å²) < 4.78 is 45.3. The van der Waals surface area contributed by atoms with Crippen LogP contribution in [-0.2, 0) is 22.8 Å². The molecule has 0 saturated heterocycles. The van der Waals surface area contributed by atoms with Gasteiger partial charge < -0.3 is 14.6 Å². The lowest BCUT2D eigenvalue weighted by Gasteiger charge is -2.14. The van der Waals surface area contributed by atoms with Gasteiger partial charge in [-0.25, -0.2) is 4.79 Å². The number of benzene rings is 2. The van der Waals surface area contributed by atoms with Gasteiger partial charge in [-0.05, 0) is 31.2 Å². The summed E-state index contributed by atoms with van der Waals surface area (Å²) in [6, 6.07) is 11.5. The molecular formula is C20H17F3N2O3. The number of carbonyl (C=O) groups is 2. The number of esters is 1. The molecule has 0 bridgehead atoms. The van der Waals surface area contributed by atoms with Crippen LogP contribution in [0.25, 0.3) is 10.9 Å². The van der Waals surface area contributed by atoms with Crippen molar-refractivity contribution in [2.75, 3.05) is 5.32 Å². The van der Waals surface area contributed by atoms with Crippen molar-refractivity contribution < 1.29 is 27.5 Å². The van der Waals surface area contributed by atoms with Crippen molar-refractivity contribution in [2.45, 2.75) is 19.2 Å². The second kappa shape index (κ2) is 7.38. The number of hydrogen-bond acceptors (Lipinski definition) is 3. The zero-order valence-electron chi connectivity index (χ0n) is 15.1. The van der Waals surface area contributed by atoms with Crippen molar-refractivity contribution in [1.29, 1.82) is 0 Å². The smallest absolute Gasteiger partial charge is 0.416 e. The highest BCUT2D eigenvalue weighted by Crippen LogP contribution is 2.30. The molecule has 5 nitrogen and oxygen atoms in total. The highest BCUT2D eigenvalue weighted by Gasteiger charge is 2.30. The van der Waals surface area contributed by atoms with E-state index in [9.17, 15) is 22.8 Å². The van der Waals surface area contributed by atoms with E-state index in [1.165, 1.54) is 19.1 Å². The molecule has 2 aromatic carbocycles. The predicted molar refractivity (Wildman–Crippen MR) is 97.9 cm³/mol. The van der Waals surface area contributed by atoms with Crippen LogP contribution in [0.2, 0.25) is 0 Å². The number of ether oxygens (including phenoxy) is 1. The minimum absolute atomic E-state index is 0.0344. The van der Waals surface area contributed by atoms with Crippen LogP contribution in [0.3, 0.4) is 0 Å². The Morgan fingerprint density at radius 1 is 1.11 bits per heavy atom. The number of alkyl halides is 3. The van der Waals surface area contributed by atoms with Gasteiger partial charge in [0.05, 0.1) is 11.1 Å². The van der Waals surface area contributed by atoms with Crippen molar-refractivity contribution in [3.63, 3.8) is 0 Å². The van der Waals surface area contributed by atoms with Crippen LogP contribution in [0.4, 0.5) is 18.9 Å². The minimum atomic E-state index is -4.52. The van der Waals surface area contributed by atoms with E-state index >= 15 is 0 Å². The van der Waals surface area contributed by atoms with Gasteiger partial charge in [0.2, 0.25) is 0 Å². The number of amides is 1. The maximum Gasteiger partial charge on any atom is 0.416 e. The number of carbonyl (C=O) groups excluding carboxylic acids is 2. The molecule has 0 aliphatic rings. The Kier molecular flexibility index (Phi) is 5.13. The summed E-state index contributed by atoms with van der Waals surface area (Å²) in [6.07, 6.45) is -4.11. The third kappa shape index (κ3) is 4.00. The monoisotopic (exact) mass is 390 g/mol. The second-order valence-corrected chi connectivity index (χ2v) is 6.29. The summed E-state index contributed by atoms with van der Waals surface area (Å²) in [5.41, 5.74) is 0.214. The Morgan fingerprint density at radius 2 is 1.82 bits per heavy atom. The van der Waals surface area contributed by atoms with Crippen LogP contribution in [-0.4, -0.2) is 22.5 Å². The van der Waals surface area contributed by atoms with Crippen molar-refractivity contribution in [2.24, 2.45) is 7.05 Å². The highest BCUT2D eigenvalue weighted by molar-refractivity contribution is 6.05. The average Bonchev–Trinajstić information content (AvgIpc) is 2.98. The fraction of sp³-hybridized carbons (Fsp3) is 0.200. The summed E-state index contributed by atoms with van der Waals surface area (Å²) in [5.74, 6) is -1.42. The maximum atomic E-state index is 12.8. The summed E-state index contributed by atoms with van der Waals surface area (Å²) in [7, 11) is 1.78. The Bertz CT molecular complexity index is 1040. The normalized spacial score (nSPS) is 12.6. The predicted octanol–water partition coefficient (Wildman–Crippen LogP) is 4.38. The summed E-state index contributed by atoms with van der Waals surface area (Å²) in [4.78, 5) is 24.7. The SMILES string of the molecule is C[C@H](OC(=O)c1cn(C)c2ccccc12)C(=O)Nc1cccc(C(F)(F)F)c1. The quantitative estimate of drug-likeness (QED) is 0.673. The molecule has 28 heavy (non-hydrogen) atoms. The largest absolute Gasteiger partial charge is 0.449 e. The number of aromatic nitrogens is 1. The van der Waals surface area contributed by atoms with E-state index in [4.69, 9.17) is 4.74 Å². The molecule has 3 rings (SSSR count). The van der Waals surface area contributed by atoms with Gasteiger partial charge in [0, 0.05) is 29.8 Å². The van der Waals surface area contributed by atoms with Crippen LogP contribution in [0.15, 0.2) is 54.7 Å². The summed E-state index contributed by atoms with van der Waals surface area (Å²) in [6.45, 7) is 1.35. The lowest BCUT2D eigenvalue weighted by atomic mass is 10.2. The average molecular weight is 390 g/mol. The van der Waals surface area contributed by atoms with E-state index in [-0.39, 0.29) is 5.69 Å². The van der Waals surface area contributed by atoms with E-state index < -0.39 is 29.7 Å². The van der Waals surface area contributed by atoms with Gasteiger partial charge in [-0.2, -0.15) is 13.2 Å². The van der Waals surface area contributed by atoms with Gasteiger partial charge in [0.25, 0.3) is 5.91 Å². The van der Waals surface area contributed by atoms with Crippen LogP contribution in [0.5, 0.6) is 0 Å². The molecule has 1 aromatic heterocycles. The van der Waals surface area contributed by atoms with Gasteiger partial charge in [-0.15, -0.1) is 0 Å². The summed E-state index contributed by atoms with van der Waals surface area (Å²) >= 11 is 0. The molecule has 0 unspecified atom stereocenters. The number of rotatable bonds is 4. The van der Waals surface area contributed by atoms with E-state index in [2.05, 4.69) is 5.32 Å². The van der Waals surface area contributed by atoms with Gasteiger partial charge in [0.1, 0.15) is 0 Å². The topological polar surface area (TPSA) is 60.3 Å². The third-order valence-corrected chi connectivity index (χ3v) is 4.23. The second-order valence-electron chi connectivity index (χ2n) is 6.29. The molecular weight excluding hydrogens is 373 g/mol. The lowest BCUT2D eigenvalue weighted by Crippen LogP contribution is -2.30. The van der Waals surface area contributed by atoms with Crippen molar-refractivity contribution in [3.8, 4) is 0 Å². The van der Waals surface area contributed by atoms with Gasteiger partial charge >= 0.3 is 12.1 Å². The molecule has 3 aromatic rings. The van der Waals surface area contributed by atoms with E-state index in [0.29, 0.717) is 10.9 Å². The van der Waals surface area contributed by atoms with Crippen LogP contribution in [0, 0.1) is 0 Å². The van der Waals surface area contributed by atoms with Crippen molar-refractivity contribution >= 4 is 28.5 Å². The number of nitrogens with one attached hydrogen (secondary N) is 1. The van der Waals surface area contributed by atoms with E-state index in [1.807, 2.05) is 12.1 Å². The Hall–Kier alpha value is -3.29. The minimum Gasteiger partial charge on any atom is -0.449 e. The van der Waals surface area contributed by atoms with Gasteiger partial charge in [-0.3, -0.25) is 4.79 Å². The van der Waals surface area contributed by atoms with E-state index in [1.54, 1.807) is 29.9 Å². The van der Waals surface area contributed by atoms with Crippen LogP contribution < -0.4 is 5.32 Å². The Morgan fingerprint density at radius 3 is 2.54 bits per heavy atom. The molecule has 0 fully saturated rings. The summed E-state index contributed by atoms with van der Waals surface area (Å²) in [5, 5.41) is 3.01. The fourth-order valence-electron chi connectivity index (χ4n) is 2.80. The Labute approximate surface area is 158 Å². The molecule has 8 heteroatoms. The fourth-order valence-corrected chi connectivity index (χ4v) is 2.80. The van der Waals surface area contributed by atoms with Crippen LogP contribution in [0.1, 0.15) is 22.8 Å². The first-order valence-electron chi connectivity index (χ1n) is 8.40. The molecule has 0 radical (unpaired) electrons. The Balaban J connectivity index is 1.71. The highest BCUT2D eigenvalue weighted by atomic mass is 19.4. The first-order valence-corrected chi connectivity index (χ1v) is 8.40. The number of nitrogens with zero attached hydrogens (tertiary/aromatic N) is 1. The van der Waals surface area contributed by atoms with Crippen molar-refractivity contribution in [3.05, 3.63) is 65.9 Å². The standard InChI is InChI=1S/C20H17F3N2O3/c1-12(18(26)24-14-7-5-6-13(10-14)20(21,22)23)28-19(27)16-11-25(2)17-9-4-3-8-15(16)17/h3-12H,1-2H3,(H,24,26)/t12-/m0/s1. The number of hydrogen-bond donors (Lipinski definition) is 1. The molecule has 1 atom stereocenters. The van der Waals surface area contributed by atoms with E-state index in [0.717, 1.165) is 17.6 Å². The molecule has 0 aliphatic carbocycles. The first kappa shape index (κ1) is 19.5. The van der Waals surface area contributed by atoms with Crippen LogP contribution >= 0.6 is 0 Å². The lowest BCUT2D eigenvalue weighted by molar-refractivity contribution is -0.137. The molecule has 0 saturated carbocycles. The van der Waals surface area contributed by atoms with Gasteiger partial charge in [-0.1, -0.05) is 24.3 Å². The van der Waals surface area contributed by atoms with Crippen molar-refractivity contribution in [1.82, 2.24) is 4.57 Å². The zero-order chi connectivity index (χ0) is 20.5. The number of halogens is 3. The zero-order valence-corrected chi connectivity index (χ0v) is 15.1. The first-order chi connectivity index (χ1) is 13.2.